The Balaban J connectivity index is 0.000000289. The van der Waals surface area contributed by atoms with Crippen LogP contribution in [0.3, 0.4) is 0 Å². The Hall–Kier alpha value is -4.22. The van der Waals surface area contributed by atoms with Crippen LogP contribution in [0.1, 0.15) is 55.3 Å². The van der Waals surface area contributed by atoms with E-state index in [1.165, 1.54) is 42.5 Å². The van der Waals surface area contributed by atoms with Gasteiger partial charge in [0.2, 0.25) is 0 Å². The second kappa shape index (κ2) is 13.7. The number of carboxylic acids is 3. The number of methoxy groups -OCH3 is 1. The first-order chi connectivity index (χ1) is 19.1. The van der Waals surface area contributed by atoms with Crippen LogP contribution < -0.4 is 10.1 Å². The van der Waals surface area contributed by atoms with E-state index in [-0.39, 0.29) is 5.54 Å². The molecule has 4 rings (SSSR count). The fourth-order valence-corrected chi connectivity index (χ4v) is 4.85. The molecule has 0 spiro atoms. The number of benzene rings is 2. The molecule has 5 N–H and O–H groups in total. The van der Waals surface area contributed by atoms with Crippen LogP contribution in [0.2, 0.25) is 0 Å². The molecule has 0 saturated heterocycles. The van der Waals surface area contributed by atoms with Crippen LogP contribution >= 0.6 is 0 Å². The van der Waals surface area contributed by atoms with Crippen LogP contribution in [0.15, 0.2) is 67.1 Å². The van der Waals surface area contributed by atoms with Crippen LogP contribution in [0.5, 0.6) is 5.75 Å². The molecule has 214 valence electrons. The molecule has 3 aromatic rings. The fourth-order valence-electron chi connectivity index (χ4n) is 4.85. The molecule has 1 aliphatic carbocycles. The molecular weight excluding hydrogens is 518 g/mol. The van der Waals surface area contributed by atoms with Gasteiger partial charge in [-0.05, 0) is 36.1 Å². The Morgan fingerprint density at radius 1 is 0.975 bits per heavy atom. The Bertz CT molecular complexity index is 1250. The molecule has 1 aliphatic rings. The molecule has 0 amide bonds. The Labute approximate surface area is 232 Å². The summed E-state index contributed by atoms with van der Waals surface area (Å²) < 4.78 is 7.56. The Morgan fingerprint density at radius 3 is 2.10 bits per heavy atom. The van der Waals surface area contributed by atoms with E-state index in [0.29, 0.717) is 0 Å². The van der Waals surface area contributed by atoms with Gasteiger partial charge in [0.05, 0.1) is 32.0 Å². The zero-order chi connectivity index (χ0) is 29.2. The lowest BCUT2D eigenvalue weighted by Gasteiger charge is -2.31. The van der Waals surface area contributed by atoms with Crippen LogP contribution in [0.25, 0.3) is 0 Å². The van der Waals surface area contributed by atoms with Crippen molar-refractivity contribution in [2.24, 2.45) is 0 Å². The van der Waals surface area contributed by atoms with Crippen molar-refractivity contribution in [3.05, 3.63) is 83.9 Å². The van der Waals surface area contributed by atoms with Crippen LogP contribution in [0, 0.1) is 0 Å². The van der Waals surface area contributed by atoms with E-state index in [2.05, 4.69) is 69.5 Å². The summed E-state index contributed by atoms with van der Waals surface area (Å²) in [6.07, 6.45) is 6.50. The molecule has 11 nitrogen and oxygen atoms in total. The molecule has 0 bridgehead atoms. The predicted octanol–water partition coefficient (Wildman–Crippen LogP) is 3.25. The molecule has 2 aromatic carbocycles. The first kappa shape index (κ1) is 30.3. The average Bonchev–Trinajstić information content (AvgIpc) is 3.58. The lowest BCUT2D eigenvalue weighted by atomic mass is 9.88. The fraction of sp³-hybridized carbons (Fsp3) is 0.379. The lowest BCUT2D eigenvalue weighted by molar-refractivity contribution is -0.170. The highest BCUT2D eigenvalue weighted by Gasteiger charge is 2.40. The van der Waals surface area contributed by atoms with Crippen molar-refractivity contribution in [1.82, 2.24) is 14.9 Å². The summed E-state index contributed by atoms with van der Waals surface area (Å²) in [4.78, 5) is 34.9. The van der Waals surface area contributed by atoms with E-state index in [1.807, 2.05) is 12.5 Å². The first-order valence-electron chi connectivity index (χ1n) is 12.9. The van der Waals surface area contributed by atoms with E-state index in [9.17, 15) is 14.4 Å². The maximum Gasteiger partial charge on any atom is 0.336 e. The second-order valence-electron chi connectivity index (χ2n) is 9.85. The monoisotopic (exact) mass is 553 g/mol. The quantitative estimate of drug-likeness (QED) is 0.224. The molecule has 40 heavy (non-hydrogen) atoms. The Kier molecular flexibility index (Phi) is 10.4. The summed E-state index contributed by atoms with van der Waals surface area (Å²) in [5, 5.41) is 37.7. The third kappa shape index (κ3) is 8.14. The van der Waals surface area contributed by atoms with Gasteiger partial charge in [-0.1, -0.05) is 55.3 Å². The lowest BCUT2D eigenvalue weighted by Crippen LogP contribution is -2.42. The molecule has 0 unspecified atom stereocenters. The normalized spacial score (nSPS) is 14.2. The van der Waals surface area contributed by atoms with Gasteiger partial charge in [-0.2, -0.15) is 0 Å². The number of ether oxygens (including phenoxy) is 1. The van der Waals surface area contributed by atoms with E-state index in [0.717, 1.165) is 18.8 Å². The number of carboxylic acid groups (broad SMARTS) is 3. The van der Waals surface area contributed by atoms with Gasteiger partial charge in [0.15, 0.2) is 5.60 Å². The zero-order valence-corrected chi connectivity index (χ0v) is 22.3. The van der Waals surface area contributed by atoms with Crippen LogP contribution in [-0.2, 0) is 33.0 Å². The number of nitrogens with zero attached hydrogens (tertiary/aromatic N) is 2. The topological polar surface area (TPSA) is 171 Å². The van der Waals surface area contributed by atoms with E-state index >= 15 is 0 Å². The van der Waals surface area contributed by atoms with Crippen molar-refractivity contribution in [3.8, 4) is 5.75 Å². The minimum Gasteiger partial charge on any atom is -0.497 e. The van der Waals surface area contributed by atoms with Crippen molar-refractivity contribution in [2.75, 3.05) is 7.11 Å². The molecule has 0 radical (unpaired) electrons. The van der Waals surface area contributed by atoms with Gasteiger partial charge in [-0.3, -0.25) is 9.59 Å². The Morgan fingerprint density at radius 2 is 1.57 bits per heavy atom. The second-order valence-corrected chi connectivity index (χ2v) is 9.85. The molecule has 1 fully saturated rings. The number of carbonyl (C=O) groups is 3. The average molecular weight is 554 g/mol. The highest BCUT2D eigenvalue weighted by atomic mass is 16.5. The van der Waals surface area contributed by atoms with E-state index < -0.39 is 36.4 Å². The summed E-state index contributed by atoms with van der Waals surface area (Å²) in [5.74, 6) is -4.11. The third-order valence-electron chi connectivity index (χ3n) is 6.99. The largest absolute Gasteiger partial charge is 0.497 e. The highest BCUT2D eigenvalue weighted by molar-refractivity contribution is 5.88. The molecule has 0 aliphatic heterocycles. The van der Waals surface area contributed by atoms with Gasteiger partial charge in [0.25, 0.3) is 0 Å². The van der Waals surface area contributed by atoms with Crippen LogP contribution in [-0.4, -0.2) is 60.6 Å². The minimum absolute atomic E-state index is 0.0497. The molecule has 1 saturated carbocycles. The predicted molar refractivity (Wildman–Crippen MR) is 145 cm³/mol. The van der Waals surface area contributed by atoms with Crippen molar-refractivity contribution >= 4 is 17.9 Å². The maximum atomic E-state index is 10.3. The number of imidazole rings is 1. The first-order valence-corrected chi connectivity index (χ1v) is 12.9. The third-order valence-corrected chi connectivity index (χ3v) is 6.99. The van der Waals surface area contributed by atoms with Crippen molar-refractivity contribution in [3.63, 3.8) is 0 Å². The van der Waals surface area contributed by atoms with Crippen LogP contribution in [0.4, 0.5) is 0 Å². The molecule has 0 atom stereocenters. The SMILES string of the molecule is COc1ccc(C2(NCc3cncn3Cc3ccccc3)CCCC2)cc1.O=C(O)CC(O)(CC(=O)O)C(=O)O. The van der Waals surface area contributed by atoms with Gasteiger partial charge >= 0.3 is 17.9 Å². The summed E-state index contributed by atoms with van der Waals surface area (Å²) in [5.41, 5.74) is 1.18. The highest BCUT2D eigenvalue weighted by Crippen LogP contribution is 2.39. The number of aliphatic hydroxyl groups is 1. The van der Waals surface area contributed by atoms with Crippen molar-refractivity contribution in [1.29, 1.82) is 0 Å². The summed E-state index contributed by atoms with van der Waals surface area (Å²) in [6.45, 7) is 1.67. The number of aliphatic carboxylic acids is 3. The van der Waals surface area contributed by atoms with Gasteiger partial charge in [-0.25, -0.2) is 9.78 Å². The smallest absolute Gasteiger partial charge is 0.336 e. The zero-order valence-electron chi connectivity index (χ0n) is 22.3. The van der Waals surface area contributed by atoms with Crippen molar-refractivity contribution in [2.45, 2.75) is 62.8 Å². The standard InChI is InChI=1S/C23H27N3O.C6H8O7/c1-27-22-11-9-20(10-12-22)23(13-5-6-14-23)25-16-21-15-24-18-26(21)17-19-7-3-2-4-8-19;7-3(8)1-6(13,5(11)12)2-4(9)10/h2-4,7-12,15,18,25H,5-6,13-14,16-17H2,1H3;13H,1-2H2,(H,7,8)(H,9,10)(H,11,12). The van der Waals surface area contributed by atoms with Gasteiger partial charge in [-0.15, -0.1) is 0 Å². The van der Waals surface area contributed by atoms with E-state index in [4.69, 9.17) is 25.2 Å². The summed E-state index contributed by atoms with van der Waals surface area (Å²) >= 11 is 0. The number of rotatable bonds is 12. The number of aromatic nitrogens is 2. The van der Waals surface area contributed by atoms with Gasteiger partial charge in [0.1, 0.15) is 5.75 Å². The number of nitrogens with one attached hydrogen (secondary N) is 1. The number of hydrogen-bond donors (Lipinski definition) is 5. The molecule has 1 heterocycles. The summed E-state index contributed by atoms with van der Waals surface area (Å²) in [6, 6.07) is 19.1. The molecular formula is C29H35N3O8. The molecule has 1 aromatic heterocycles. The van der Waals surface area contributed by atoms with Gasteiger partial charge < -0.3 is 35.0 Å². The van der Waals surface area contributed by atoms with Gasteiger partial charge in [0, 0.05) is 24.8 Å². The molecule has 11 heteroatoms. The minimum atomic E-state index is -2.74. The number of hydrogen-bond acceptors (Lipinski definition) is 7. The van der Waals surface area contributed by atoms with E-state index in [1.54, 1.807) is 7.11 Å². The summed E-state index contributed by atoms with van der Waals surface area (Å²) in [7, 11) is 1.71. The maximum absolute atomic E-state index is 10.3. The van der Waals surface area contributed by atoms with Crippen molar-refractivity contribution < 1.29 is 39.5 Å².